The first-order valence-electron chi connectivity index (χ1n) is 7.52. The van der Waals surface area contributed by atoms with Crippen LogP contribution < -0.4 is 0 Å². The average molecular weight is 324 g/mol. The third-order valence-corrected chi connectivity index (χ3v) is 4.19. The second-order valence-corrected chi connectivity index (χ2v) is 6.12. The molecule has 0 saturated heterocycles. The molecule has 116 valence electrons. The number of halogens is 1. The lowest BCUT2D eigenvalue weighted by molar-refractivity contribution is 1.05. The Kier molecular flexibility index (Phi) is 4.14. The Morgan fingerprint density at radius 2 is 0.957 bits per heavy atom. The zero-order chi connectivity index (χ0) is 16.6. The second-order valence-electron chi connectivity index (χ2n) is 5.79. The van der Waals surface area contributed by atoms with Crippen molar-refractivity contribution in [1.29, 1.82) is 0 Å². The molecule has 3 rings (SSSR count). The van der Waals surface area contributed by atoms with Crippen molar-refractivity contribution in [2.24, 2.45) is 0 Å². The minimum atomic E-state index is 0.218. The van der Waals surface area contributed by atoms with Crippen molar-refractivity contribution >= 4 is 11.6 Å². The van der Waals surface area contributed by atoms with Crippen LogP contribution in [0, 0.1) is 27.7 Å². The fourth-order valence-electron chi connectivity index (χ4n) is 2.91. The lowest BCUT2D eigenvalue weighted by Crippen LogP contribution is -2.01. The molecular weight excluding hydrogens is 306 g/mol. The van der Waals surface area contributed by atoms with Gasteiger partial charge in [-0.1, -0.05) is 36.4 Å². The highest BCUT2D eigenvalue weighted by atomic mass is 35.5. The van der Waals surface area contributed by atoms with Crippen molar-refractivity contribution in [3.63, 3.8) is 0 Å². The van der Waals surface area contributed by atoms with E-state index in [0.29, 0.717) is 11.6 Å². The SMILES string of the molecule is Cc1cccc(C)c1-c1nc(Cl)nc(-c2c(C)cccc2C)n1. The molecule has 0 N–H and O–H groups in total. The lowest BCUT2D eigenvalue weighted by atomic mass is 10.0. The smallest absolute Gasteiger partial charge is 0.208 e. The van der Waals surface area contributed by atoms with Gasteiger partial charge in [-0.3, -0.25) is 0 Å². The molecule has 2 aromatic carbocycles. The maximum absolute atomic E-state index is 6.20. The number of rotatable bonds is 2. The third kappa shape index (κ3) is 2.97. The van der Waals surface area contributed by atoms with Crippen LogP contribution in [0.4, 0.5) is 0 Å². The van der Waals surface area contributed by atoms with Crippen LogP contribution in [0.1, 0.15) is 22.3 Å². The maximum atomic E-state index is 6.20. The van der Waals surface area contributed by atoms with Gasteiger partial charge in [0, 0.05) is 11.1 Å². The van der Waals surface area contributed by atoms with Crippen LogP contribution in [-0.2, 0) is 0 Å². The molecule has 0 bridgehead atoms. The molecule has 1 aromatic heterocycles. The molecule has 0 aliphatic heterocycles. The Bertz CT molecular complexity index is 778. The fraction of sp³-hybridized carbons (Fsp3) is 0.211. The molecule has 3 aromatic rings. The van der Waals surface area contributed by atoms with Crippen molar-refractivity contribution in [2.45, 2.75) is 27.7 Å². The predicted molar refractivity (Wildman–Crippen MR) is 94.7 cm³/mol. The summed E-state index contributed by atoms with van der Waals surface area (Å²) in [5, 5.41) is 0.218. The van der Waals surface area contributed by atoms with Gasteiger partial charge in [0.2, 0.25) is 5.28 Å². The summed E-state index contributed by atoms with van der Waals surface area (Å²) in [7, 11) is 0. The zero-order valence-corrected chi connectivity index (χ0v) is 14.4. The minimum Gasteiger partial charge on any atom is -0.208 e. The molecule has 0 aliphatic rings. The summed E-state index contributed by atoms with van der Waals surface area (Å²) in [6, 6.07) is 12.3. The summed E-state index contributed by atoms with van der Waals surface area (Å²) in [6.45, 7) is 8.22. The Morgan fingerprint density at radius 1 is 0.609 bits per heavy atom. The normalized spacial score (nSPS) is 10.8. The van der Waals surface area contributed by atoms with E-state index in [0.717, 1.165) is 33.4 Å². The van der Waals surface area contributed by atoms with Gasteiger partial charge in [-0.25, -0.2) is 4.98 Å². The number of hydrogen-bond donors (Lipinski definition) is 0. The molecule has 0 fully saturated rings. The molecule has 1 heterocycles. The van der Waals surface area contributed by atoms with Crippen LogP contribution in [-0.4, -0.2) is 15.0 Å². The largest absolute Gasteiger partial charge is 0.226 e. The van der Waals surface area contributed by atoms with Crippen molar-refractivity contribution in [2.75, 3.05) is 0 Å². The summed E-state index contributed by atoms with van der Waals surface area (Å²) >= 11 is 6.20. The van der Waals surface area contributed by atoms with Gasteiger partial charge >= 0.3 is 0 Å². The second kappa shape index (κ2) is 6.09. The number of aromatic nitrogens is 3. The van der Waals surface area contributed by atoms with Gasteiger partial charge in [0.15, 0.2) is 11.6 Å². The van der Waals surface area contributed by atoms with E-state index in [-0.39, 0.29) is 5.28 Å². The molecule has 4 heteroatoms. The monoisotopic (exact) mass is 323 g/mol. The van der Waals surface area contributed by atoms with Gasteiger partial charge in [0.05, 0.1) is 0 Å². The number of benzene rings is 2. The van der Waals surface area contributed by atoms with Gasteiger partial charge in [-0.15, -0.1) is 0 Å². The van der Waals surface area contributed by atoms with Crippen LogP contribution in [0.5, 0.6) is 0 Å². The molecule has 3 nitrogen and oxygen atoms in total. The number of nitrogens with zero attached hydrogens (tertiary/aromatic N) is 3. The molecular formula is C19H18ClN3. The predicted octanol–water partition coefficient (Wildman–Crippen LogP) is 5.09. The van der Waals surface area contributed by atoms with E-state index in [1.165, 1.54) is 0 Å². The van der Waals surface area contributed by atoms with Gasteiger partial charge in [0.25, 0.3) is 0 Å². The van der Waals surface area contributed by atoms with Gasteiger partial charge < -0.3 is 0 Å². The minimum absolute atomic E-state index is 0.218. The number of hydrogen-bond acceptors (Lipinski definition) is 3. The van der Waals surface area contributed by atoms with E-state index in [4.69, 9.17) is 16.6 Å². The maximum Gasteiger partial charge on any atom is 0.226 e. The Hall–Kier alpha value is -2.26. The van der Waals surface area contributed by atoms with Crippen molar-refractivity contribution < 1.29 is 0 Å². The van der Waals surface area contributed by atoms with Crippen molar-refractivity contribution in [1.82, 2.24) is 15.0 Å². The van der Waals surface area contributed by atoms with Crippen LogP contribution >= 0.6 is 11.6 Å². The summed E-state index contributed by atoms with van der Waals surface area (Å²) in [5.74, 6) is 1.25. The molecule has 0 unspecified atom stereocenters. The first kappa shape index (κ1) is 15.6. The van der Waals surface area contributed by atoms with E-state index in [1.54, 1.807) is 0 Å². The highest BCUT2D eigenvalue weighted by molar-refractivity contribution is 6.28. The molecule has 0 aliphatic carbocycles. The van der Waals surface area contributed by atoms with E-state index in [2.05, 4.69) is 61.9 Å². The highest BCUT2D eigenvalue weighted by Gasteiger charge is 2.15. The average Bonchev–Trinajstić information content (AvgIpc) is 2.46. The molecule has 0 atom stereocenters. The van der Waals surface area contributed by atoms with Gasteiger partial charge in [0.1, 0.15) is 0 Å². The van der Waals surface area contributed by atoms with Crippen LogP contribution in [0.25, 0.3) is 22.8 Å². The first-order valence-corrected chi connectivity index (χ1v) is 7.90. The van der Waals surface area contributed by atoms with Crippen LogP contribution in [0.2, 0.25) is 5.28 Å². The molecule has 0 amide bonds. The molecule has 0 radical (unpaired) electrons. The van der Waals surface area contributed by atoms with Crippen LogP contribution in [0.15, 0.2) is 36.4 Å². The Labute approximate surface area is 141 Å². The summed E-state index contributed by atoms with van der Waals surface area (Å²) in [5.41, 5.74) is 6.53. The summed E-state index contributed by atoms with van der Waals surface area (Å²) in [6.07, 6.45) is 0. The first-order chi connectivity index (χ1) is 11.0. The Balaban J connectivity index is 2.26. The summed E-state index contributed by atoms with van der Waals surface area (Å²) < 4.78 is 0. The molecule has 23 heavy (non-hydrogen) atoms. The van der Waals surface area contributed by atoms with Crippen molar-refractivity contribution in [3.8, 4) is 22.8 Å². The Morgan fingerprint density at radius 3 is 1.30 bits per heavy atom. The fourth-order valence-corrected chi connectivity index (χ4v) is 3.07. The van der Waals surface area contributed by atoms with Crippen molar-refractivity contribution in [3.05, 3.63) is 63.9 Å². The summed E-state index contributed by atoms with van der Waals surface area (Å²) in [4.78, 5) is 13.4. The highest BCUT2D eigenvalue weighted by Crippen LogP contribution is 2.29. The van der Waals surface area contributed by atoms with Gasteiger partial charge in [-0.2, -0.15) is 9.97 Å². The van der Waals surface area contributed by atoms with Crippen LogP contribution in [0.3, 0.4) is 0 Å². The lowest BCUT2D eigenvalue weighted by Gasteiger charge is -2.12. The zero-order valence-electron chi connectivity index (χ0n) is 13.7. The van der Waals surface area contributed by atoms with E-state index >= 15 is 0 Å². The van der Waals surface area contributed by atoms with E-state index in [1.807, 2.05) is 12.1 Å². The van der Waals surface area contributed by atoms with E-state index < -0.39 is 0 Å². The third-order valence-electron chi connectivity index (χ3n) is 4.02. The van der Waals surface area contributed by atoms with Gasteiger partial charge in [-0.05, 0) is 61.5 Å². The topological polar surface area (TPSA) is 38.7 Å². The van der Waals surface area contributed by atoms with E-state index in [9.17, 15) is 0 Å². The quantitative estimate of drug-likeness (QED) is 0.659. The molecule has 0 saturated carbocycles. The standard InChI is InChI=1S/C19H18ClN3/c1-11-7-5-8-12(2)15(11)17-21-18(23-19(20)22-17)16-13(3)9-6-10-14(16)4/h5-10H,1-4H3. The number of aryl methyl sites for hydroxylation is 4. The molecule has 0 spiro atoms.